The number of hydrogen-bond donors (Lipinski definition) is 0. The van der Waals surface area contributed by atoms with Crippen LogP contribution in [0.25, 0.3) is 0 Å². The van der Waals surface area contributed by atoms with E-state index < -0.39 is 8.32 Å². The third-order valence-electron chi connectivity index (χ3n) is 9.64. The first kappa shape index (κ1) is 25.6. The second kappa shape index (κ2) is 8.35. The van der Waals surface area contributed by atoms with Gasteiger partial charge in [0.25, 0.3) is 5.91 Å². The van der Waals surface area contributed by atoms with Crippen molar-refractivity contribution in [3.05, 3.63) is 12.2 Å². The highest BCUT2D eigenvalue weighted by Gasteiger charge is 2.60. The minimum atomic E-state index is -2.11. The van der Waals surface area contributed by atoms with Gasteiger partial charge in [0.2, 0.25) is 0 Å². The van der Waals surface area contributed by atoms with Crippen LogP contribution < -0.4 is 0 Å². The van der Waals surface area contributed by atoms with Gasteiger partial charge in [0.15, 0.2) is 8.32 Å². The molecule has 0 aromatic rings. The summed E-state index contributed by atoms with van der Waals surface area (Å²) < 4.78 is 7.06. The minimum Gasteiger partial charge on any atom is -0.413 e. The normalized spacial score (nSPS) is 36.9. The monoisotopic (exact) mass is 463 g/mol. The van der Waals surface area contributed by atoms with Crippen molar-refractivity contribution in [1.29, 1.82) is 0 Å². The number of hydrogen-bond acceptors (Lipinski definition) is 4. The van der Waals surface area contributed by atoms with Crippen LogP contribution in [0.2, 0.25) is 18.1 Å². The van der Waals surface area contributed by atoms with Crippen molar-refractivity contribution in [3.8, 4) is 0 Å². The highest BCUT2D eigenvalue weighted by atomic mass is 28.4. The van der Waals surface area contributed by atoms with Crippen LogP contribution in [0.15, 0.2) is 12.2 Å². The SMILES string of the molecule is CON(C)C(=O)[C@H]1CC[C@H]2[C@H](C=C[C@H]3C(C)(C)C(=O)CC[C@]23C)[C@H]1O[Si](C)(C)C(C)(C)C. The minimum absolute atomic E-state index is 0.00878. The van der Waals surface area contributed by atoms with E-state index in [9.17, 15) is 9.59 Å². The summed E-state index contributed by atoms with van der Waals surface area (Å²) in [6.45, 7) is 17.9. The zero-order chi connectivity index (χ0) is 24.3. The van der Waals surface area contributed by atoms with E-state index in [1.807, 2.05) is 0 Å². The largest absolute Gasteiger partial charge is 0.413 e. The average Bonchev–Trinajstić information content (AvgIpc) is 2.69. The van der Waals surface area contributed by atoms with Gasteiger partial charge in [-0.1, -0.05) is 53.7 Å². The molecule has 2 fully saturated rings. The lowest BCUT2D eigenvalue weighted by Crippen LogP contribution is -2.60. The van der Waals surface area contributed by atoms with Gasteiger partial charge in [-0.3, -0.25) is 14.4 Å². The Kier molecular flexibility index (Phi) is 6.69. The van der Waals surface area contributed by atoms with Gasteiger partial charge in [-0.15, -0.1) is 0 Å². The van der Waals surface area contributed by atoms with E-state index in [0.29, 0.717) is 18.1 Å². The van der Waals surface area contributed by atoms with E-state index in [1.54, 1.807) is 14.2 Å². The van der Waals surface area contributed by atoms with Gasteiger partial charge in [0.1, 0.15) is 5.78 Å². The third kappa shape index (κ3) is 4.05. The Balaban J connectivity index is 2.04. The molecule has 32 heavy (non-hydrogen) atoms. The lowest BCUT2D eigenvalue weighted by Gasteiger charge is -2.60. The first-order valence-corrected chi connectivity index (χ1v) is 15.2. The highest BCUT2D eigenvalue weighted by Crippen LogP contribution is 2.61. The van der Waals surface area contributed by atoms with Crippen LogP contribution in [0.4, 0.5) is 0 Å². The van der Waals surface area contributed by atoms with Crippen molar-refractivity contribution < 1.29 is 18.9 Å². The fourth-order valence-corrected chi connectivity index (χ4v) is 7.82. The van der Waals surface area contributed by atoms with Gasteiger partial charge in [-0.2, -0.15) is 0 Å². The van der Waals surface area contributed by atoms with Crippen LogP contribution in [0.1, 0.15) is 67.2 Å². The second-order valence-electron chi connectivity index (χ2n) is 12.7. The van der Waals surface area contributed by atoms with Crippen LogP contribution in [0.3, 0.4) is 0 Å². The number of carbonyl (C=O) groups excluding carboxylic acids is 2. The van der Waals surface area contributed by atoms with Crippen molar-refractivity contribution in [3.63, 3.8) is 0 Å². The number of ketones is 1. The summed E-state index contributed by atoms with van der Waals surface area (Å²) in [5, 5.41) is 1.43. The predicted octanol–water partition coefficient (Wildman–Crippen LogP) is 5.62. The number of nitrogens with zero attached hydrogens (tertiary/aromatic N) is 1. The summed E-state index contributed by atoms with van der Waals surface area (Å²) in [6.07, 6.45) is 7.81. The lowest BCUT2D eigenvalue weighted by atomic mass is 9.45. The average molecular weight is 464 g/mol. The Morgan fingerprint density at radius 2 is 1.78 bits per heavy atom. The summed E-state index contributed by atoms with van der Waals surface area (Å²) in [7, 11) is 1.13. The summed E-state index contributed by atoms with van der Waals surface area (Å²) in [4.78, 5) is 31.4. The number of allylic oxidation sites excluding steroid dienone is 1. The van der Waals surface area contributed by atoms with Crippen molar-refractivity contribution in [2.24, 2.45) is 34.5 Å². The van der Waals surface area contributed by atoms with E-state index in [1.165, 1.54) is 5.06 Å². The smallest absolute Gasteiger partial charge is 0.251 e. The van der Waals surface area contributed by atoms with Gasteiger partial charge in [-0.25, -0.2) is 5.06 Å². The Bertz CT molecular complexity index is 783. The molecule has 3 rings (SSSR count). The fourth-order valence-electron chi connectivity index (χ4n) is 6.47. The van der Waals surface area contributed by atoms with E-state index in [2.05, 4.69) is 66.8 Å². The third-order valence-corrected chi connectivity index (χ3v) is 14.1. The van der Waals surface area contributed by atoms with E-state index in [0.717, 1.165) is 19.3 Å². The number of amides is 1. The molecule has 0 unspecified atom stereocenters. The summed E-state index contributed by atoms with van der Waals surface area (Å²) in [5.74, 6) is 1.01. The number of rotatable bonds is 4. The quantitative estimate of drug-likeness (QED) is 0.308. The van der Waals surface area contributed by atoms with Gasteiger partial charge in [0.05, 0.1) is 19.1 Å². The van der Waals surface area contributed by atoms with Gasteiger partial charge < -0.3 is 4.43 Å². The van der Waals surface area contributed by atoms with Crippen LogP contribution >= 0.6 is 0 Å². The maximum absolute atomic E-state index is 13.3. The zero-order valence-electron chi connectivity index (χ0n) is 22.0. The molecule has 0 saturated heterocycles. The molecule has 182 valence electrons. The standard InChI is InChI=1S/C26H45NO4Si/c1-24(2,3)32(9,10)31-22-17-12-14-20-25(4,5)21(28)15-16-26(20,6)19(17)13-11-18(22)23(29)27(7)30-8/h12,14,17-20,22H,11,13,15-16H2,1-10H3/t17-,18-,19-,20-,22+,26+/m0/s1. The Morgan fingerprint density at radius 1 is 1.16 bits per heavy atom. The summed E-state index contributed by atoms with van der Waals surface area (Å²) in [5.41, 5.74) is -0.291. The number of Topliss-reactive ketones (excluding diaryl/α,β-unsaturated/α-hetero) is 1. The van der Waals surface area contributed by atoms with Gasteiger partial charge in [-0.05, 0) is 54.6 Å². The second-order valence-corrected chi connectivity index (χ2v) is 17.5. The molecule has 1 amide bonds. The molecule has 0 aromatic carbocycles. The van der Waals surface area contributed by atoms with Crippen molar-refractivity contribution in [1.82, 2.24) is 5.06 Å². The number of hydroxylamine groups is 2. The molecule has 0 radical (unpaired) electrons. The Morgan fingerprint density at radius 3 is 2.34 bits per heavy atom. The molecule has 0 spiro atoms. The van der Waals surface area contributed by atoms with Crippen LogP contribution in [-0.4, -0.2) is 45.3 Å². The number of carbonyl (C=O) groups is 2. The molecule has 3 aliphatic rings. The predicted molar refractivity (Wildman–Crippen MR) is 130 cm³/mol. The molecule has 0 aromatic heterocycles. The molecule has 6 heteroatoms. The topological polar surface area (TPSA) is 55.8 Å². The summed E-state index contributed by atoms with van der Waals surface area (Å²) in [6, 6.07) is 0. The summed E-state index contributed by atoms with van der Waals surface area (Å²) >= 11 is 0. The van der Waals surface area contributed by atoms with Crippen molar-refractivity contribution in [2.45, 2.75) is 91.5 Å². The molecule has 0 aliphatic heterocycles. The number of fused-ring (bicyclic) bond motifs is 3. The molecule has 5 nitrogen and oxygen atoms in total. The van der Waals surface area contributed by atoms with E-state index >= 15 is 0 Å². The van der Waals surface area contributed by atoms with Gasteiger partial charge >= 0.3 is 0 Å². The molecule has 0 heterocycles. The lowest BCUT2D eigenvalue weighted by molar-refractivity contribution is -0.183. The van der Waals surface area contributed by atoms with Crippen molar-refractivity contribution in [2.75, 3.05) is 14.2 Å². The molecule has 0 bridgehead atoms. The first-order chi connectivity index (χ1) is 14.6. The fraction of sp³-hybridized carbons (Fsp3) is 0.846. The first-order valence-electron chi connectivity index (χ1n) is 12.3. The molecule has 3 aliphatic carbocycles. The van der Waals surface area contributed by atoms with Crippen LogP contribution in [0, 0.1) is 34.5 Å². The Hall–Kier alpha value is -0.983. The van der Waals surface area contributed by atoms with Crippen LogP contribution in [0.5, 0.6) is 0 Å². The molecule has 6 atom stereocenters. The van der Waals surface area contributed by atoms with Crippen molar-refractivity contribution >= 4 is 20.0 Å². The van der Waals surface area contributed by atoms with E-state index in [4.69, 9.17) is 9.26 Å². The zero-order valence-corrected chi connectivity index (χ0v) is 23.0. The Labute approximate surface area is 196 Å². The molecule has 0 N–H and O–H groups in total. The molecular formula is C26H45NO4Si. The van der Waals surface area contributed by atoms with Gasteiger partial charge in [0, 0.05) is 24.8 Å². The van der Waals surface area contributed by atoms with E-state index in [-0.39, 0.29) is 45.6 Å². The molecule has 2 saturated carbocycles. The molecular weight excluding hydrogens is 418 g/mol. The maximum atomic E-state index is 13.3. The van der Waals surface area contributed by atoms with Crippen LogP contribution in [-0.2, 0) is 18.9 Å². The highest BCUT2D eigenvalue weighted by molar-refractivity contribution is 6.74. The maximum Gasteiger partial charge on any atom is 0.251 e.